The van der Waals surface area contributed by atoms with E-state index in [0.29, 0.717) is 11.8 Å². The average Bonchev–Trinajstić information content (AvgIpc) is 3.14. The minimum atomic E-state index is 0.197. The van der Waals surface area contributed by atoms with Gasteiger partial charge in [0.05, 0.1) is 26.4 Å². The summed E-state index contributed by atoms with van der Waals surface area (Å²) in [4.78, 5) is 11.5. The van der Waals surface area contributed by atoms with Crippen LogP contribution >= 0.6 is 0 Å². The van der Waals surface area contributed by atoms with Gasteiger partial charge in [-0.25, -0.2) is 4.98 Å². The first-order chi connectivity index (χ1) is 14.2. The molecule has 0 radical (unpaired) electrons. The SMILES string of the molecule is COc1ccnc(CN2C[C@H]3C[C@@H](Nc4ccccn4)[C@H](OC)C[C@H]3C2)c1OC. The summed E-state index contributed by atoms with van der Waals surface area (Å²) in [5, 5.41) is 3.59. The van der Waals surface area contributed by atoms with Crippen LogP contribution in [0.3, 0.4) is 0 Å². The Morgan fingerprint density at radius 1 is 1.00 bits per heavy atom. The molecule has 2 fully saturated rings. The molecule has 29 heavy (non-hydrogen) atoms. The van der Waals surface area contributed by atoms with Crippen LogP contribution in [0.4, 0.5) is 5.82 Å². The molecule has 0 unspecified atom stereocenters. The van der Waals surface area contributed by atoms with Gasteiger partial charge in [-0.2, -0.15) is 0 Å². The van der Waals surface area contributed by atoms with Gasteiger partial charge in [0.25, 0.3) is 0 Å². The highest BCUT2D eigenvalue weighted by atomic mass is 16.5. The number of anilines is 1. The van der Waals surface area contributed by atoms with Crippen LogP contribution in [0.5, 0.6) is 11.5 Å². The van der Waals surface area contributed by atoms with Crippen molar-refractivity contribution in [2.45, 2.75) is 31.5 Å². The molecule has 7 heteroatoms. The standard InChI is InChI=1S/C22H30N4O3/c1-27-19-7-9-23-18(22(19)29-3)14-26-12-15-10-17(20(28-2)11-16(15)13-26)25-21-6-4-5-8-24-21/h4-9,15-17,20H,10-14H2,1-3H3,(H,24,25)/t15-,16+,17-,20-/m1/s1. The van der Waals surface area contributed by atoms with E-state index in [1.54, 1.807) is 20.4 Å². The van der Waals surface area contributed by atoms with Gasteiger partial charge in [-0.3, -0.25) is 9.88 Å². The second-order valence-corrected chi connectivity index (χ2v) is 7.92. The predicted octanol–water partition coefficient (Wildman–Crippen LogP) is 2.83. The van der Waals surface area contributed by atoms with E-state index in [4.69, 9.17) is 14.2 Å². The van der Waals surface area contributed by atoms with Crippen molar-refractivity contribution in [3.63, 3.8) is 0 Å². The Kier molecular flexibility index (Phi) is 6.16. The molecule has 3 heterocycles. The maximum atomic E-state index is 5.85. The minimum absolute atomic E-state index is 0.197. The zero-order valence-corrected chi connectivity index (χ0v) is 17.4. The second-order valence-electron chi connectivity index (χ2n) is 7.92. The number of likely N-dealkylation sites (tertiary alicyclic amines) is 1. The molecule has 1 aliphatic carbocycles. The fourth-order valence-corrected chi connectivity index (χ4v) is 4.87. The third-order valence-electron chi connectivity index (χ3n) is 6.23. The maximum absolute atomic E-state index is 5.85. The van der Waals surface area contributed by atoms with E-state index in [1.165, 1.54) is 0 Å². The summed E-state index contributed by atoms with van der Waals surface area (Å²) < 4.78 is 16.8. The largest absolute Gasteiger partial charge is 0.493 e. The number of methoxy groups -OCH3 is 3. The van der Waals surface area contributed by atoms with Crippen LogP contribution in [0.1, 0.15) is 18.5 Å². The summed E-state index contributed by atoms with van der Waals surface area (Å²) in [6.45, 7) is 2.88. The molecule has 1 aliphatic heterocycles. The van der Waals surface area contributed by atoms with Crippen LogP contribution in [-0.4, -0.2) is 61.4 Å². The van der Waals surface area contributed by atoms with Gasteiger partial charge < -0.3 is 19.5 Å². The lowest BCUT2D eigenvalue weighted by Gasteiger charge is -2.37. The molecule has 2 aromatic rings. The van der Waals surface area contributed by atoms with Crippen molar-refractivity contribution < 1.29 is 14.2 Å². The Morgan fingerprint density at radius 2 is 1.83 bits per heavy atom. The van der Waals surface area contributed by atoms with Gasteiger partial charge >= 0.3 is 0 Å². The van der Waals surface area contributed by atoms with Gasteiger partial charge in [-0.1, -0.05) is 6.07 Å². The quantitative estimate of drug-likeness (QED) is 0.769. The molecule has 2 aliphatic rings. The number of rotatable bonds is 7. The van der Waals surface area contributed by atoms with Crippen LogP contribution in [0.25, 0.3) is 0 Å². The first-order valence-corrected chi connectivity index (χ1v) is 10.2. The molecule has 4 rings (SSSR count). The molecule has 1 saturated heterocycles. The molecular weight excluding hydrogens is 368 g/mol. The number of aromatic nitrogens is 2. The molecule has 156 valence electrons. The van der Waals surface area contributed by atoms with Crippen molar-refractivity contribution in [2.24, 2.45) is 11.8 Å². The van der Waals surface area contributed by atoms with Gasteiger partial charge in [0.1, 0.15) is 11.5 Å². The number of pyridine rings is 2. The van der Waals surface area contributed by atoms with Crippen LogP contribution in [0.15, 0.2) is 36.7 Å². The summed E-state index contributed by atoms with van der Waals surface area (Å²) in [7, 11) is 5.14. The lowest BCUT2D eigenvalue weighted by atomic mass is 9.77. The summed E-state index contributed by atoms with van der Waals surface area (Å²) in [5.74, 6) is 3.65. The number of nitrogens with zero attached hydrogens (tertiary/aromatic N) is 3. The molecule has 0 spiro atoms. The molecule has 4 atom stereocenters. The van der Waals surface area contributed by atoms with Crippen molar-refractivity contribution in [3.05, 3.63) is 42.4 Å². The molecule has 2 aromatic heterocycles. The van der Waals surface area contributed by atoms with E-state index >= 15 is 0 Å². The van der Waals surface area contributed by atoms with E-state index in [2.05, 4.69) is 20.2 Å². The van der Waals surface area contributed by atoms with E-state index in [-0.39, 0.29) is 12.1 Å². The molecular formula is C22H30N4O3. The van der Waals surface area contributed by atoms with Crippen molar-refractivity contribution in [2.75, 3.05) is 39.7 Å². The predicted molar refractivity (Wildman–Crippen MR) is 111 cm³/mol. The first kappa shape index (κ1) is 19.9. The number of ether oxygens (including phenoxy) is 3. The summed E-state index contributed by atoms with van der Waals surface area (Å²) in [6, 6.07) is 8.07. The highest BCUT2D eigenvalue weighted by Gasteiger charge is 2.42. The second kappa shape index (κ2) is 8.97. The van der Waals surface area contributed by atoms with Crippen LogP contribution < -0.4 is 14.8 Å². The molecule has 1 N–H and O–H groups in total. The van der Waals surface area contributed by atoms with Crippen molar-refractivity contribution >= 4 is 5.82 Å². The third-order valence-corrected chi connectivity index (χ3v) is 6.23. The van der Waals surface area contributed by atoms with Crippen molar-refractivity contribution in [1.29, 1.82) is 0 Å². The maximum Gasteiger partial charge on any atom is 0.183 e. The van der Waals surface area contributed by atoms with E-state index in [0.717, 1.165) is 55.5 Å². The number of hydrogen-bond acceptors (Lipinski definition) is 7. The Labute approximate surface area is 172 Å². The van der Waals surface area contributed by atoms with Gasteiger partial charge in [0, 0.05) is 45.2 Å². The van der Waals surface area contributed by atoms with Crippen LogP contribution in [0, 0.1) is 11.8 Å². The van der Waals surface area contributed by atoms with Crippen molar-refractivity contribution in [1.82, 2.24) is 14.9 Å². The monoisotopic (exact) mass is 398 g/mol. The lowest BCUT2D eigenvalue weighted by molar-refractivity contribution is 0.0304. The fraction of sp³-hybridized carbons (Fsp3) is 0.545. The smallest absolute Gasteiger partial charge is 0.183 e. The van der Waals surface area contributed by atoms with E-state index in [1.807, 2.05) is 37.6 Å². The Hall–Kier alpha value is -2.38. The van der Waals surface area contributed by atoms with Gasteiger partial charge in [-0.15, -0.1) is 0 Å². The topological polar surface area (TPSA) is 68.7 Å². The third kappa shape index (κ3) is 4.31. The van der Waals surface area contributed by atoms with Gasteiger partial charge in [0.2, 0.25) is 0 Å². The summed E-state index contributed by atoms with van der Waals surface area (Å²) in [6.07, 6.45) is 5.95. The molecule has 0 aromatic carbocycles. The van der Waals surface area contributed by atoms with Crippen LogP contribution in [0.2, 0.25) is 0 Å². The molecule has 0 bridgehead atoms. The van der Waals surface area contributed by atoms with E-state index in [9.17, 15) is 0 Å². The van der Waals surface area contributed by atoms with Gasteiger partial charge in [-0.05, 0) is 36.8 Å². The molecule has 1 saturated carbocycles. The average molecular weight is 399 g/mol. The van der Waals surface area contributed by atoms with Crippen molar-refractivity contribution in [3.8, 4) is 11.5 Å². The van der Waals surface area contributed by atoms with Crippen LogP contribution in [-0.2, 0) is 11.3 Å². The number of nitrogens with one attached hydrogen (secondary N) is 1. The summed E-state index contributed by atoms with van der Waals surface area (Å²) in [5.41, 5.74) is 0.928. The highest BCUT2D eigenvalue weighted by Crippen LogP contribution is 2.39. The Balaban J connectivity index is 1.43. The zero-order valence-electron chi connectivity index (χ0n) is 17.4. The molecule has 7 nitrogen and oxygen atoms in total. The lowest BCUT2D eigenvalue weighted by Crippen LogP contribution is -2.44. The summed E-state index contributed by atoms with van der Waals surface area (Å²) >= 11 is 0. The highest BCUT2D eigenvalue weighted by molar-refractivity contribution is 5.42. The fourth-order valence-electron chi connectivity index (χ4n) is 4.87. The minimum Gasteiger partial charge on any atom is -0.493 e. The number of fused-ring (bicyclic) bond motifs is 1. The Bertz CT molecular complexity index is 804. The van der Waals surface area contributed by atoms with Gasteiger partial charge in [0.15, 0.2) is 11.5 Å². The normalized spacial score (nSPS) is 26.7. The van der Waals surface area contributed by atoms with E-state index < -0.39 is 0 Å². The molecule has 0 amide bonds. The number of hydrogen-bond donors (Lipinski definition) is 1. The zero-order chi connectivity index (χ0) is 20.2. The first-order valence-electron chi connectivity index (χ1n) is 10.2. The Morgan fingerprint density at radius 3 is 2.52 bits per heavy atom.